The number of aliphatic hydroxyl groups is 1. The lowest BCUT2D eigenvalue weighted by atomic mass is 10.0. The van der Waals surface area contributed by atoms with Crippen LogP contribution in [-0.4, -0.2) is 60.8 Å². The van der Waals surface area contributed by atoms with Crippen molar-refractivity contribution in [2.24, 2.45) is 0 Å². The lowest BCUT2D eigenvalue weighted by molar-refractivity contribution is -0.140. The second-order valence-electron chi connectivity index (χ2n) is 6.05. The lowest BCUT2D eigenvalue weighted by Crippen LogP contribution is -2.49. The van der Waals surface area contributed by atoms with Crippen molar-refractivity contribution in [3.05, 3.63) is 0 Å². The van der Waals surface area contributed by atoms with E-state index in [9.17, 15) is 9.90 Å². The Morgan fingerprint density at radius 1 is 1.50 bits per heavy atom. The molecule has 0 radical (unpaired) electrons. The van der Waals surface area contributed by atoms with Crippen molar-refractivity contribution < 1.29 is 19.4 Å². The zero-order valence-corrected chi connectivity index (χ0v) is 16.7. The molecule has 4 atom stereocenters. The van der Waals surface area contributed by atoms with E-state index >= 15 is 0 Å². The second kappa shape index (κ2) is 7.06. The molecule has 0 aromatic carbocycles. The number of halogens is 4. The van der Waals surface area contributed by atoms with Crippen molar-refractivity contribution in [3.63, 3.8) is 0 Å². The molecule has 5 nitrogen and oxygen atoms in total. The largest absolute Gasteiger partial charge is 0.391 e. The lowest BCUT2D eigenvalue weighted by Gasteiger charge is -2.33. The van der Waals surface area contributed by atoms with E-state index in [0.29, 0.717) is 26.0 Å². The number of carbonyl (C=O) groups is 1. The molecule has 2 saturated heterocycles. The summed E-state index contributed by atoms with van der Waals surface area (Å²) in [5.74, 6) is -1.19. The van der Waals surface area contributed by atoms with E-state index in [1.807, 2.05) is 13.8 Å². The number of carbonyl (C=O) groups excluding carboxylic acids is 1. The highest BCUT2D eigenvalue weighted by Crippen LogP contribution is 2.36. The number of amides is 1. The van der Waals surface area contributed by atoms with Crippen LogP contribution >= 0.6 is 57.4 Å². The SMILES string of the molecule is CC1(C)OC[C@H](C[C@@H](I)[C@H]2[C@@H](O)CCN2C(=O)C(Cl)(Cl)Cl)O1. The van der Waals surface area contributed by atoms with Gasteiger partial charge < -0.3 is 19.5 Å². The van der Waals surface area contributed by atoms with E-state index in [2.05, 4.69) is 22.6 Å². The Kier molecular flexibility index (Phi) is 6.18. The van der Waals surface area contributed by atoms with Gasteiger partial charge in [0.1, 0.15) is 0 Å². The maximum atomic E-state index is 12.2. The van der Waals surface area contributed by atoms with E-state index in [1.165, 1.54) is 4.90 Å². The number of nitrogens with zero attached hydrogens (tertiary/aromatic N) is 1. The predicted molar refractivity (Wildman–Crippen MR) is 93.7 cm³/mol. The summed E-state index contributed by atoms with van der Waals surface area (Å²) in [7, 11) is 0. The van der Waals surface area contributed by atoms with Gasteiger partial charge in [0.25, 0.3) is 9.70 Å². The van der Waals surface area contributed by atoms with Gasteiger partial charge in [-0.1, -0.05) is 57.4 Å². The molecule has 9 heteroatoms. The minimum Gasteiger partial charge on any atom is -0.391 e. The maximum absolute atomic E-state index is 12.2. The monoisotopic (exact) mass is 485 g/mol. The first kappa shape index (κ1) is 19.3. The minimum atomic E-state index is -2.01. The molecule has 22 heavy (non-hydrogen) atoms. The molecule has 1 amide bonds. The maximum Gasteiger partial charge on any atom is 0.275 e. The molecule has 0 aromatic heterocycles. The number of likely N-dealkylation sites (tertiary alicyclic amines) is 1. The first-order valence-corrected chi connectivity index (χ1v) is 9.41. The van der Waals surface area contributed by atoms with Gasteiger partial charge in [-0.25, -0.2) is 0 Å². The molecule has 2 rings (SSSR count). The van der Waals surface area contributed by atoms with Crippen LogP contribution in [0.25, 0.3) is 0 Å². The van der Waals surface area contributed by atoms with Crippen LogP contribution in [0.15, 0.2) is 0 Å². The number of aliphatic hydroxyl groups excluding tert-OH is 1. The molecule has 0 aromatic rings. The van der Waals surface area contributed by atoms with E-state index in [-0.39, 0.29) is 10.0 Å². The van der Waals surface area contributed by atoms with Gasteiger partial charge in [0, 0.05) is 10.5 Å². The van der Waals surface area contributed by atoms with Gasteiger partial charge in [0.05, 0.1) is 24.9 Å². The zero-order valence-electron chi connectivity index (χ0n) is 12.3. The van der Waals surface area contributed by atoms with Gasteiger partial charge >= 0.3 is 0 Å². The molecule has 2 heterocycles. The molecule has 0 aliphatic carbocycles. The summed E-state index contributed by atoms with van der Waals surface area (Å²) in [6.07, 6.45) is 0.419. The minimum absolute atomic E-state index is 0.0334. The molecule has 2 aliphatic heterocycles. The van der Waals surface area contributed by atoms with Crippen molar-refractivity contribution in [1.82, 2.24) is 4.90 Å². The van der Waals surface area contributed by atoms with Crippen LogP contribution in [0.2, 0.25) is 0 Å². The predicted octanol–water partition coefficient (Wildman–Crippen LogP) is 2.66. The summed E-state index contributed by atoms with van der Waals surface area (Å²) in [5, 5.41) is 10.2. The number of alkyl halides is 4. The number of hydrogen-bond donors (Lipinski definition) is 1. The average molecular weight is 487 g/mol. The highest BCUT2D eigenvalue weighted by Gasteiger charge is 2.47. The first-order valence-electron chi connectivity index (χ1n) is 7.03. The first-order chi connectivity index (χ1) is 10.0. The highest BCUT2D eigenvalue weighted by molar-refractivity contribution is 14.1. The Morgan fingerprint density at radius 2 is 2.14 bits per heavy atom. The molecular formula is C13H19Cl3INO4. The van der Waals surface area contributed by atoms with Crippen LogP contribution < -0.4 is 0 Å². The van der Waals surface area contributed by atoms with Crippen LogP contribution in [0.5, 0.6) is 0 Å². The van der Waals surface area contributed by atoms with Crippen LogP contribution in [0.4, 0.5) is 0 Å². The van der Waals surface area contributed by atoms with Gasteiger partial charge in [-0.3, -0.25) is 4.79 Å². The van der Waals surface area contributed by atoms with Crippen molar-refractivity contribution in [1.29, 1.82) is 0 Å². The summed E-state index contributed by atoms with van der Waals surface area (Å²) in [4.78, 5) is 13.7. The molecule has 0 spiro atoms. The fraction of sp³-hybridized carbons (Fsp3) is 0.923. The second-order valence-corrected chi connectivity index (χ2v) is 9.93. The fourth-order valence-corrected chi connectivity index (χ4v) is 4.67. The van der Waals surface area contributed by atoms with Crippen LogP contribution in [-0.2, 0) is 14.3 Å². The van der Waals surface area contributed by atoms with Crippen LogP contribution in [0, 0.1) is 0 Å². The van der Waals surface area contributed by atoms with E-state index in [4.69, 9.17) is 44.3 Å². The van der Waals surface area contributed by atoms with Crippen LogP contribution in [0.3, 0.4) is 0 Å². The van der Waals surface area contributed by atoms with Gasteiger partial charge in [0.2, 0.25) is 0 Å². The van der Waals surface area contributed by atoms with Crippen molar-refractivity contribution in [2.45, 2.75) is 58.4 Å². The van der Waals surface area contributed by atoms with Gasteiger partial charge in [0.15, 0.2) is 5.79 Å². The summed E-state index contributed by atoms with van der Waals surface area (Å²) >= 11 is 19.3. The molecule has 1 N–H and O–H groups in total. The third-order valence-corrected chi connectivity index (χ3v) is 5.58. The molecule has 0 bridgehead atoms. The quantitative estimate of drug-likeness (QED) is 0.492. The summed E-state index contributed by atoms with van der Waals surface area (Å²) < 4.78 is 9.29. The van der Waals surface area contributed by atoms with Crippen molar-refractivity contribution >= 4 is 63.3 Å². The Hall–Kier alpha value is 0.950. The molecular weight excluding hydrogens is 467 g/mol. The summed E-state index contributed by atoms with van der Waals surface area (Å²) in [6.45, 7) is 4.59. The Bertz CT molecular complexity index is 432. The normalized spacial score (nSPS) is 33.2. The van der Waals surface area contributed by atoms with Gasteiger partial charge in [-0.2, -0.15) is 0 Å². The number of rotatable bonds is 3. The Morgan fingerprint density at radius 3 is 2.64 bits per heavy atom. The van der Waals surface area contributed by atoms with Gasteiger partial charge in [-0.15, -0.1) is 0 Å². The zero-order chi connectivity index (χ0) is 16.7. The Balaban J connectivity index is 2.03. The van der Waals surface area contributed by atoms with E-state index in [0.717, 1.165) is 0 Å². The summed E-state index contributed by atoms with van der Waals surface area (Å²) in [6, 6.07) is -0.393. The van der Waals surface area contributed by atoms with Crippen LogP contribution in [0.1, 0.15) is 26.7 Å². The Labute approximate surface area is 158 Å². The average Bonchev–Trinajstić information content (AvgIpc) is 2.90. The smallest absolute Gasteiger partial charge is 0.275 e. The number of hydrogen-bond acceptors (Lipinski definition) is 4. The molecule has 0 unspecified atom stereocenters. The number of ether oxygens (including phenoxy) is 2. The van der Waals surface area contributed by atoms with E-state index < -0.39 is 27.6 Å². The standard InChI is InChI=1S/C13H19Cl3INO4/c1-12(2)21-6-7(22-12)5-8(17)10-9(19)3-4-18(10)11(20)13(14,15)16/h7-10,19H,3-6H2,1-2H3/t7-,8+,9-,10-/m0/s1. The van der Waals surface area contributed by atoms with E-state index in [1.54, 1.807) is 0 Å². The molecule has 2 aliphatic rings. The van der Waals surface area contributed by atoms with Crippen molar-refractivity contribution in [2.75, 3.05) is 13.2 Å². The summed E-state index contributed by atoms with van der Waals surface area (Å²) in [5.41, 5.74) is 0. The molecule has 0 saturated carbocycles. The third kappa shape index (κ3) is 4.52. The topological polar surface area (TPSA) is 59.0 Å². The molecule has 128 valence electrons. The highest BCUT2D eigenvalue weighted by atomic mass is 127. The third-order valence-electron chi connectivity index (χ3n) is 3.85. The fourth-order valence-electron chi connectivity index (χ4n) is 2.90. The van der Waals surface area contributed by atoms with Gasteiger partial charge in [-0.05, 0) is 26.7 Å². The molecule has 2 fully saturated rings. The van der Waals surface area contributed by atoms with Crippen molar-refractivity contribution in [3.8, 4) is 0 Å².